The Bertz CT molecular complexity index is 972. The Kier molecular flexibility index (Phi) is 4.35. The fraction of sp³-hybridized carbons (Fsp3) is 0.211. The van der Waals surface area contributed by atoms with Gasteiger partial charge in [0.15, 0.2) is 11.6 Å². The normalized spacial score (nSPS) is 12.2. The molecule has 0 radical (unpaired) electrons. The molecule has 0 aliphatic carbocycles. The molecule has 0 unspecified atom stereocenters. The van der Waals surface area contributed by atoms with Gasteiger partial charge in [0.2, 0.25) is 0 Å². The van der Waals surface area contributed by atoms with Crippen molar-refractivity contribution in [2.75, 3.05) is 0 Å². The summed E-state index contributed by atoms with van der Waals surface area (Å²) in [5, 5.41) is 12.1. The van der Waals surface area contributed by atoms with E-state index in [1.807, 2.05) is 13.8 Å². The number of aryl methyl sites for hydroxylation is 2. The second-order valence-corrected chi connectivity index (χ2v) is 6.00. The molecule has 0 saturated carbocycles. The Morgan fingerprint density at radius 3 is 2.44 bits per heavy atom. The van der Waals surface area contributed by atoms with E-state index in [1.54, 1.807) is 31.2 Å². The number of fused-ring (bicyclic) bond motifs is 1. The van der Waals surface area contributed by atoms with Crippen molar-refractivity contribution in [3.05, 3.63) is 64.7 Å². The molecule has 0 aliphatic heterocycles. The molecule has 2 aromatic carbocycles. The van der Waals surface area contributed by atoms with E-state index >= 15 is 0 Å². The highest BCUT2D eigenvalue weighted by Crippen LogP contribution is 2.21. The smallest absolute Gasteiger partial charge is 0.251 e. The van der Waals surface area contributed by atoms with Crippen LogP contribution in [-0.2, 0) is 0 Å². The van der Waals surface area contributed by atoms with Gasteiger partial charge in [0.25, 0.3) is 5.91 Å². The highest BCUT2D eigenvalue weighted by Gasteiger charge is 2.14. The molecule has 6 heteroatoms. The van der Waals surface area contributed by atoms with Gasteiger partial charge in [-0.2, -0.15) is 0 Å². The van der Waals surface area contributed by atoms with Gasteiger partial charge in [0, 0.05) is 5.56 Å². The fourth-order valence-electron chi connectivity index (χ4n) is 2.53. The van der Waals surface area contributed by atoms with Crippen molar-refractivity contribution < 1.29 is 14.3 Å². The lowest BCUT2D eigenvalue weighted by Crippen LogP contribution is -2.26. The van der Waals surface area contributed by atoms with Crippen LogP contribution in [0.1, 0.15) is 40.3 Å². The van der Waals surface area contributed by atoms with Crippen LogP contribution in [0.25, 0.3) is 11.0 Å². The molecule has 0 aliphatic rings. The topological polar surface area (TPSA) is 75.1 Å². The summed E-state index contributed by atoms with van der Waals surface area (Å²) in [7, 11) is 0. The average Bonchev–Trinajstić information content (AvgIpc) is 2.57. The monoisotopic (exact) mass is 339 g/mol. The molecular weight excluding hydrogens is 321 g/mol. The van der Waals surface area contributed by atoms with Gasteiger partial charge in [0.05, 0.1) is 28.5 Å². The predicted molar refractivity (Wildman–Crippen MR) is 93.0 cm³/mol. The van der Waals surface area contributed by atoms with E-state index in [0.29, 0.717) is 16.6 Å². The molecule has 0 fully saturated rings. The number of carbonyl (C=O) groups excluding carboxylic acids is 1. The highest BCUT2D eigenvalue weighted by molar-refractivity contribution is 5.97. The zero-order valence-corrected chi connectivity index (χ0v) is 14.2. The zero-order valence-electron chi connectivity index (χ0n) is 14.2. The van der Waals surface area contributed by atoms with Crippen LogP contribution >= 0.6 is 0 Å². The average molecular weight is 339 g/mol. The fourth-order valence-corrected chi connectivity index (χ4v) is 2.53. The third-order valence-corrected chi connectivity index (χ3v) is 4.16. The summed E-state index contributed by atoms with van der Waals surface area (Å²) in [6.45, 7) is 5.51. The molecule has 3 rings (SSSR count). The molecule has 5 nitrogen and oxygen atoms in total. The summed E-state index contributed by atoms with van der Waals surface area (Å²) < 4.78 is 13.5. The molecule has 3 aromatic rings. The van der Waals surface area contributed by atoms with Crippen LogP contribution in [-0.4, -0.2) is 21.0 Å². The number of carbonyl (C=O) groups is 1. The van der Waals surface area contributed by atoms with E-state index < -0.39 is 17.6 Å². The van der Waals surface area contributed by atoms with Gasteiger partial charge in [-0.05, 0) is 56.7 Å². The molecule has 128 valence electrons. The summed E-state index contributed by atoms with van der Waals surface area (Å²) in [6.07, 6.45) is 0. The Balaban J connectivity index is 1.83. The maximum absolute atomic E-state index is 13.5. The Hall–Kier alpha value is -3.02. The number of aromatic hydroxyl groups is 1. The van der Waals surface area contributed by atoms with E-state index in [0.717, 1.165) is 16.9 Å². The second kappa shape index (κ2) is 6.47. The predicted octanol–water partition coefficient (Wildman–Crippen LogP) is 3.58. The number of benzene rings is 2. The standard InChI is InChI=1S/C19H18FN3O2/c1-10-11(2)22-17-9-14(4-6-16(17)21-10)19(25)23-12(3)13-5-7-18(24)15(20)8-13/h4-9,12,24H,1-3H3,(H,23,25)/t12-/m0/s1. The minimum atomic E-state index is -0.717. The lowest BCUT2D eigenvalue weighted by Gasteiger charge is -2.15. The molecule has 1 aromatic heterocycles. The third kappa shape index (κ3) is 3.42. The SMILES string of the molecule is Cc1nc2ccc(C(=O)N[C@@H](C)c3ccc(O)c(F)c3)cc2nc1C. The minimum absolute atomic E-state index is 0.289. The van der Waals surface area contributed by atoms with Crippen LogP contribution in [0.5, 0.6) is 5.75 Å². The molecule has 0 bridgehead atoms. The molecule has 2 N–H and O–H groups in total. The van der Waals surface area contributed by atoms with Crippen molar-refractivity contribution in [2.45, 2.75) is 26.8 Å². The van der Waals surface area contributed by atoms with Crippen molar-refractivity contribution in [2.24, 2.45) is 0 Å². The number of phenols is 1. The van der Waals surface area contributed by atoms with E-state index in [2.05, 4.69) is 15.3 Å². The second-order valence-electron chi connectivity index (χ2n) is 6.00. The summed E-state index contributed by atoms with van der Waals surface area (Å²) in [4.78, 5) is 21.4. The van der Waals surface area contributed by atoms with Gasteiger partial charge >= 0.3 is 0 Å². The lowest BCUT2D eigenvalue weighted by molar-refractivity contribution is 0.0940. The number of hydrogen-bond acceptors (Lipinski definition) is 4. The molecule has 0 spiro atoms. The van der Waals surface area contributed by atoms with E-state index in [9.17, 15) is 14.3 Å². The van der Waals surface area contributed by atoms with Crippen molar-refractivity contribution >= 4 is 16.9 Å². The van der Waals surface area contributed by atoms with E-state index in [4.69, 9.17) is 0 Å². The van der Waals surface area contributed by atoms with Crippen molar-refractivity contribution in [3.8, 4) is 5.75 Å². The molecule has 1 amide bonds. The van der Waals surface area contributed by atoms with Gasteiger partial charge in [-0.3, -0.25) is 4.79 Å². The number of amides is 1. The van der Waals surface area contributed by atoms with Crippen LogP contribution < -0.4 is 5.32 Å². The summed E-state index contributed by atoms with van der Waals surface area (Å²) >= 11 is 0. The quantitative estimate of drug-likeness (QED) is 0.765. The molecular formula is C19H18FN3O2. The molecule has 1 heterocycles. The number of nitrogens with zero attached hydrogens (tertiary/aromatic N) is 2. The van der Waals surface area contributed by atoms with Crippen molar-refractivity contribution in [1.82, 2.24) is 15.3 Å². The first-order valence-corrected chi connectivity index (χ1v) is 7.89. The first-order chi connectivity index (χ1) is 11.8. The van der Waals surface area contributed by atoms with Gasteiger partial charge in [-0.1, -0.05) is 6.07 Å². The molecule has 1 atom stereocenters. The first-order valence-electron chi connectivity index (χ1n) is 7.89. The number of aromatic nitrogens is 2. The van der Waals surface area contributed by atoms with Gasteiger partial charge in [-0.15, -0.1) is 0 Å². The van der Waals surface area contributed by atoms with Crippen molar-refractivity contribution in [3.63, 3.8) is 0 Å². The largest absolute Gasteiger partial charge is 0.505 e. The number of rotatable bonds is 3. The lowest BCUT2D eigenvalue weighted by atomic mass is 10.1. The summed E-state index contributed by atoms with van der Waals surface area (Å²) in [6, 6.07) is 8.77. The maximum Gasteiger partial charge on any atom is 0.251 e. The Morgan fingerprint density at radius 2 is 1.76 bits per heavy atom. The van der Waals surface area contributed by atoms with E-state index in [1.165, 1.54) is 12.1 Å². The number of hydrogen-bond donors (Lipinski definition) is 2. The Labute approximate surface area is 144 Å². The van der Waals surface area contributed by atoms with E-state index in [-0.39, 0.29) is 5.91 Å². The number of phenolic OH excluding ortho intramolecular Hbond substituents is 1. The maximum atomic E-state index is 13.5. The molecule has 25 heavy (non-hydrogen) atoms. The Morgan fingerprint density at radius 1 is 1.08 bits per heavy atom. The summed E-state index contributed by atoms with van der Waals surface area (Å²) in [5.41, 5.74) is 4.07. The number of halogens is 1. The van der Waals surface area contributed by atoms with Crippen LogP contribution in [0.2, 0.25) is 0 Å². The van der Waals surface area contributed by atoms with Gasteiger partial charge < -0.3 is 10.4 Å². The van der Waals surface area contributed by atoms with Gasteiger partial charge in [0.1, 0.15) is 0 Å². The van der Waals surface area contributed by atoms with Crippen LogP contribution in [0.3, 0.4) is 0 Å². The van der Waals surface area contributed by atoms with Gasteiger partial charge in [-0.25, -0.2) is 14.4 Å². The number of nitrogens with one attached hydrogen (secondary N) is 1. The van der Waals surface area contributed by atoms with Crippen LogP contribution in [0, 0.1) is 19.7 Å². The molecule has 0 saturated heterocycles. The zero-order chi connectivity index (χ0) is 18.1. The minimum Gasteiger partial charge on any atom is -0.505 e. The van der Waals surface area contributed by atoms with Crippen LogP contribution in [0.15, 0.2) is 36.4 Å². The highest BCUT2D eigenvalue weighted by atomic mass is 19.1. The third-order valence-electron chi connectivity index (χ3n) is 4.16. The first kappa shape index (κ1) is 16.8. The summed E-state index contributed by atoms with van der Waals surface area (Å²) in [5.74, 6) is -1.42. The van der Waals surface area contributed by atoms with Crippen LogP contribution in [0.4, 0.5) is 4.39 Å². The van der Waals surface area contributed by atoms with Crippen molar-refractivity contribution in [1.29, 1.82) is 0 Å².